The third-order valence-corrected chi connectivity index (χ3v) is 9.01. The Morgan fingerprint density at radius 2 is 0.795 bits per heavy atom. The number of unbranched alkanes of at least 4 members (excludes halogenated alkanes) is 28. The summed E-state index contributed by atoms with van der Waals surface area (Å²) in [6.07, 6.45) is 44.0. The SMILES string of the molecule is CCCCCC/C=C\CCCCCCCC(=O)OC(CCCCCCCCCCCCCCCCCCCCCC)C(=O)O. The zero-order valence-corrected chi connectivity index (χ0v) is 29.7. The van der Waals surface area contributed by atoms with Gasteiger partial charge in [-0.1, -0.05) is 187 Å². The van der Waals surface area contributed by atoms with Gasteiger partial charge in [-0.2, -0.15) is 0 Å². The first-order chi connectivity index (χ1) is 21.6. The van der Waals surface area contributed by atoms with Crippen molar-refractivity contribution in [3.63, 3.8) is 0 Å². The molecule has 0 aromatic heterocycles. The second kappa shape index (κ2) is 36.2. The zero-order chi connectivity index (χ0) is 32.2. The van der Waals surface area contributed by atoms with Crippen molar-refractivity contribution in [1.29, 1.82) is 0 Å². The van der Waals surface area contributed by atoms with E-state index >= 15 is 0 Å². The Labute approximate surface area is 275 Å². The summed E-state index contributed by atoms with van der Waals surface area (Å²) in [6.45, 7) is 4.53. The molecular formula is C40H76O4. The van der Waals surface area contributed by atoms with Gasteiger partial charge >= 0.3 is 11.9 Å². The van der Waals surface area contributed by atoms with Crippen LogP contribution in [0, 0.1) is 0 Å². The average molecular weight is 621 g/mol. The molecule has 0 amide bonds. The first kappa shape index (κ1) is 42.7. The quantitative estimate of drug-likeness (QED) is 0.0430. The van der Waals surface area contributed by atoms with Crippen LogP contribution in [-0.4, -0.2) is 23.1 Å². The third-order valence-electron chi connectivity index (χ3n) is 9.01. The van der Waals surface area contributed by atoms with Crippen molar-refractivity contribution < 1.29 is 19.4 Å². The van der Waals surface area contributed by atoms with Gasteiger partial charge in [-0.05, 0) is 44.9 Å². The van der Waals surface area contributed by atoms with E-state index < -0.39 is 12.1 Å². The van der Waals surface area contributed by atoms with Crippen LogP contribution in [0.5, 0.6) is 0 Å². The molecule has 0 aliphatic heterocycles. The summed E-state index contributed by atoms with van der Waals surface area (Å²) in [5.41, 5.74) is 0. The van der Waals surface area contributed by atoms with E-state index in [1.165, 1.54) is 154 Å². The lowest BCUT2D eigenvalue weighted by atomic mass is 10.0. The van der Waals surface area contributed by atoms with Crippen molar-refractivity contribution >= 4 is 11.9 Å². The van der Waals surface area contributed by atoms with Gasteiger partial charge in [0.2, 0.25) is 0 Å². The molecule has 0 spiro atoms. The predicted octanol–water partition coefficient (Wildman–Crippen LogP) is 13.5. The number of rotatable bonds is 36. The van der Waals surface area contributed by atoms with Crippen LogP contribution >= 0.6 is 0 Å². The van der Waals surface area contributed by atoms with Crippen molar-refractivity contribution in [1.82, 2.24) is 0 Å². The fourth-order valence-corrected chi connectivity index (χ4v) is 6.02. The summed E-state index contributed by atoms with van der Waals surface area (Å²) >= 11 is 0. The van der Waals surface area contributed by atoms with Crippen molar-refractivity contribution in [3.05, 3.63) is 12.2 Å². The molecule has 1 N–H and O–H groups in total. The van der Waals surface area contributed by atoms with Crippen LogP contribution in [0.25, 0.3) is 0 Å². The Bertz CT molecular complexity index is 629. The number of carbonyl (C=O) groups excluding carboxylic acids is 1. The lowest BCUT2D eigenvalue weighted by molar-refractivity contribution is -0.164. The van der Waals surface area contributed by atoms with Crippen LogP contribution in [0.2, 0.25) is 0 Å². The molecule has 0 heterocycles. The molecule has 1 atom stereocenters. The highest BCUT2D eigenvalue weighted by Gasteiger charge is 2.21. The fraction of sp³-hybridized carbons (Fsp3) is 0.900. The molecule has 4 nitrogen and oxygen atoms in total. The van der Waals surface area contributed by atoms with Crippen LogP contribution in [-0.2, 0) is 14.3 Å². The molecule has 0 saturated carbocycles. The lowest BCUT2D eigenvalue weighted by Gasteiger charge is -2.13. The summed E-state index contributed by atoms with van der Waals surface area (Å²) in [4.78, 5) is 23.7. The first-order valence-electron chi connectivity index (χ1n) is 19.7. The van der Waals surface area contributed by atoms with Gasteiger partial charge in [-0.25, -0.2) is 4.79 Å². The second-order valence-electron chi connectivity index (χ2n) is 13.5. The van der Waals surface area contributed by atoms with E-state index in [-0.39, 0.29) is 5.97 Å². The van der Waals surface area contributed by atoms with Crippen molar-refractivity contribution in [3.8, 4) is 0 Å². The summed E-state index contributed by atoms with van der Waals surface area (Å²) < 4.78 is 5.31. The zero-order valence-electron chi connectivity index (χ0n) is 29.7. The number of hydrogen-bond acceptors (Lipinski definition) is 3. The number of carboxylic acids is 1. The Morgan fingerprint density at radius 3 is 1.18 bits per heavy atom. The number of hydrogen-bond donors (Lipinski definition) is 1. The molecule has 0 aromatic carbocycles. The smallest absolute Gasteiger partial charge is 0.345 e. The van der Waals surface area contributed by atoms with Gasteiger partial charge in [0.1, 0.15) is 0 Å². The normalized spacial score (nSPS) is 12.2. The number of ether oxygens (including phenoxy) is 1. The number of esters is 1. The second-order valence-corrected chi connectivity index (χ2v) is 13.5. The van der Waals surface area contributed by atoms with Crippen molar-refractivity contribution in [2.24, 2.45) is 0 Å². The Balaban J connectivity index is 3.50. The number of carboxylic acid groups (broad SMARTS) is 1. The molecule has 1 unspecified atom stereocenters. The molecule has 0 radical (unpaired) electrons. The van der Waals surface area contributed by atoms with E-state index in [0.29, 0.717) is 12.8 Å². The minimum absolute atomic E-state index is 0.334. The molecule has 0 rings (SSSR count). The van der Waals surface area contributed by atoms with Crippen molar-refractivity contribution in [2.45, 2.75) is 232 Å². The molecule has 0 bridgehead atoms. The topological polar surface area (TPSA) is 63.6 Å². The van der Waals surface area contributed by atoms with Crippen LogP contribution < -0.4 is 0 Å². The Morgan fingerprint density at radius 1 is 0.477 bits per heavy atom. The van der Waals surface area contributed by atoms with E-state index in [2.05, 4.69) is 26.0 Å². The monoisotopic (exact) mass is 621 g/mol. The van der Waals surface area contributed by atoms with Crippen LogP contribution in [0.3, 0.4) is 0 Å². The summed E-state index contributed by atoms with van der Waals surface area (Å²) in [7, 11) is 0. The third kappa shape index (κ3) is 33.6. The maximum atomic E-state index is 12.2. The van der Waals surface area contributed by atoms with Crippen LogP contribution in [0.4, 0.5) is 0 Å². The highest BCUT2D eigenvalue weighted by molar-refractivity contribution is 5.77. The summed E-state index contributed by atoms with van der Waals surface area (Å²) in [5, 5.41) is 9.48. The maximum absolute atomic E-state index is 12.2. The van der Waals surface area contributed by atoms with E-state index in [1.54, 1.807) is 0 Å². The van der Waals surface area contributed by atoms with Crippen molar-refractivity contribution in [2.75, 3.05) is 0 Å². The predicted molar refractivity (Wildman–Crippen MR) is 190 cm³/mol. The van der Waals surface area contributed by atoms with E-state index in [1.807, 2.05) is 0 Å². The molecule has 260 valence electrons. The van der Waals surface area contributed by atoms with Gasteiger partial charge in [0.15, 0.2) is 6.10 Å². The minimum atomic E-state index is -1.01. The Hall–Kier alpha value is -1.32. The summed E-state index contributed by atoms with van der Waals surface area (Å²) in [6, 6.07) is 0. The number of allylic oxidation sites excluding steroid dienone is 2. The molecule has 0 fully saturated rings. The van der Waals surface area contributed by atoms with Gasteiger partial charge in [0.25, 0.3) is 0 Å². The van der Waals surface area contributed by atoms with Gasteiger partial charge in [-0.15, -0.1) is 0 Å². The van der Waals surface area contributed by atoms with Crippen LogP contribution in [0.15, 0.2) is 12.2 Å². The standard InChI is InChI=1S/C40H76O4/c1-3-5-7-9-11-13-15-17-18-19-20-21-22-23-25-26-28-30-32-34-36-38(40(42)43)44-39(41)37-35-33-31-29-27-24-16-14-12-10-8-6-4-2/h14,16,38H,3-13,15,17-37H2,1-2H3,(H,42,43)/b16-14-. The number of aliphatic carboxylic acids is 1. The van der Waals surface area contributed by atoms with Gasteiger partial charge in [-0.3, -0.25) is 4.79 Å². The number of carbonyl (C=O) groups is 2. The largest absolute Gasteiger partial charge is 0.479 e. The molecule has 0 aliphatic carbocycles. The minimum Gasteiger partial charge on any atom is -0.479 e. The van der Waals surface area contributed by atoms with Gasteiger partial charge in [0.05, 0.1) is 0 Å². The van der Waals surface area contributed by atoms with E-state index in [0.717, 1.165) is 44.9 Å². The molecule has 0 aliphatic rings. The maximum Gasteiger partial charge on any atom is 0.345 e. The average Bonchev–Trinajstić information content (AvgIpc) is 3.01. The fourth-order valence-electron chi connectivity index (χ4n) is 6.02. The first-order valence-corrected chi connectivity index (χ1v) is 19.7. The molecular weight excluding hydrogens is 544 g/mol. The van der Waals surface area contributed by atoms with Gasteiger partial charge < -0.3 is 9.84 Å². The van der Waals surface area contributed by atoms with E-state index in [4.69, 9.17) is 4.74 Å². The van der Waals surface area contributed by atoms with E-state index in [9.17, 15) is 14.7 Å². The molecule has 0 aromatic rings. The highest BCUT2D eigenvalue weighted by atomic mass is 16.6. The summed E-state index contributed by atoms with van der Waals surface area (Å²) in [5.74, 6) is -1.36. The van der Waals surface area contributed by atoms with Gasteiger partial charge in [0, 0.05) is 6.42 Å². The highest BCUT2D eigenvalue weighted by Crippen LogP contribution is 2.16. The molecule has 44 heavy (non-hydrogen) atoms. The van der Waals surface area contributed by atoms with Crippen LogP contribution in [0.1, 0.15) is 226 Å². The lowest BCUT2D eigenvalue weighted by Crippen LogP contribution is -2.27. The molecule has 4 heteroatoms. The molecule has 0 saturated heterocycles. The Kier molecular flexibility index (Phi) is 35.1.